The maximum absolute atomic E-state index is 8.62. The molecule has 0 N–H and O–H groups in total. The van der Waals surface area contributed by atoms with Gasteiger partial charge in [0, 0.05) is 0 Å². The Balaban J connectivity index is 3.63. The molecular weight excluding hydrogens is 232 g/mol. The van der Waals surface area contributed by atoms with Crippen LogP contribution in [0.4, 0.5) is 0 Å². The average molecular weight is 232 g/mol. The first-order chi connectivity index (χ1) is 6.11. The normalized spacial score (nSPS) is 9.00. The zero-order chi connectivity index (χ0) is 10.0. The average Bonchev–Trinajstić information content (AvgIpc) is 2.13. The summed E-state index contributed by atoms with van der Waals surface area (Å²) in [6, 6.07) is 3.42. The summed E-state index contributed by atoms with van der Waals surface area (Å²) in [5.74, 6) is 0. The summed E-state index contributed by atoms with van der Waals surface area (Å²) in [5, 5.41) is 17.0. The molecule has 3 nitrogen and oxygen atoms in total. The molecule has 13 heavy (non-hydrogen) atoms. The highest BCUT2D eigenvalue weighted by Gasteiger charge is 2.15. The predicted molar refractivity (Wildman–Crippen MR) is 48.7 cm³/mol. The SMILES string of the molecule is N#Cc1nc(Cl)c(Cl)c(Cl)c1C#N. The van der Waals surface area contributed by atoms with E-state index in [9.17, 15) is 0 Å². The summed E-state index contributed by atoms with van der Waals surface area (Å²) in [6.07, 6.45) is 0. The lowest BCUT2D eigenvalue weighted by Gasteiger charge is -2.00. The molecule has 1 heterocycles. The Morgan fingerprint density at radius 1 is 1.00 bits per heavy atom. The van der Waals surface area contributed by atoms with Crippen LogP contribution in [0.5, 0.6) is 0 Å². The van der Waals surface area contributed by atoms with Crippen molar-refractivity contribution in [3.63, 3.8) is 0 Å². The number of hydrogen-bond donors (Lipinski definition) is 0. The fourth-order valence-corrected chi connectivity index (χ4v) is 1.28. The first kappa shape index (κ1) is 10.1. The van der Waals surface area contributed by atoms with Crippen molar-refractivity contribution in [1.29, 1.82) is 10.5 Å². The molecule has 0 saturated carbocycles. The van der Waals surface area contributed by atoms with E-state index in [1.54, 1.807) is 12.1 Å². The van der Waals surface area contributed by atoms with Crippen molar-refractivity contribution < 1.29 is 0 Å². The molecule has 0 aliphatic rings. The number of aromatic nitrogens is 1. The summed E-state index contributed by atoms with van der Waals surface area (Å²) in [6.45, 7) is 0. The van der Waals surface area contributed by atoms with Gasteiger partial charge in [-0.25, -0.2) is 4.98 Å². The van der Waals surface area contributed by atoms with Crippen LogP contribution in [-0.2, 0) is 0 Å². The van der Waals surface area contributed by atoms with Gasteiger partial charge in [-0.3, -0.25) is 0 Å². The lowest BCUT2D eigenvalue weighted by Crippen LogP contribution is -1.92. The summed E-state index contributed by atoms with van der Waals surface area (Å²) < 4.78 is 0. The first-order valence-electron chi connectivity index (χ1n) is 2.96. The minimum absolute atomic E-state index is 0.0149. The van der Waals surface area contributed by atoms with Crippen LogP contribution < -0.4 is 0 Å². The van der Waals surface area contributed by atoms with Crippen LogP contribution in [0.15, 0.2) is 0 Å². The summed E-state index contributed by atoms with van der Waals surface area (Å²) in [5.41, 5.74) is -0.180. The number of hydrogen-bond acceptors (Lipinski definition) is 3. The van der Waals surface area contributed by atoms with Crippen molar-refractivity contribution in [3.05, 3.63) is 26.5 Å². The molecule has 1 aromatic heterocycles. The zero-order valence-corrected chi connectivity index (χ0v) is 8.24. The fourth-order valence-electron chi connectivity index (χ4n) is 0.690. The minimum Gasteiger partial charge on any atom is -0.222 e. The van der Waals surface area contributed by atoms with E-state index in [1.165, 1.54) is 0 Å². The quantitative estimate of drug-likeness (QED) is 0.646. The number of rotatable bonds is 0. The first-order valence-corrected chi connectivity index (χ1v) is 4.10. The number of pyridine rings is 1. The monoisotopic (exact) mass is 231 g/mol. The molecular formula is C7Cl3N3. The van der Waals surface area contributed by atoms with Crippen molar-refractivity contribution in [2.75, 3.05) is 0 Å². The van der Waals surface area contributed by atoms with Crippen LogP contribution in [-0.4, -0.2) is 4.98 Å². The maximum Gasteiger partial charge on any atom is 0.161 e. The van der Waals surface area contributed by atoms with Crippen molar-refractivity contribution in [1.82, 2.24) is 4.98 Å². The third kappa shape index (κ3) is 1.68. The van der Waals surface area contributed by atoms with Crippen LogP contribution in [0.1, 0.15) is 11.3 Å². The molecule has 0 saturated heterocycles. The molecule has 0 aromatic carbocycles. The lowest BCUT2D eigenvalue weighted by molar-refractivity contribution is 1.24. The molecule has 0 spiro atoms. The molecule has 0 amide bonds. The van der Waals surface area contributed by atoms with E-state index in [0.717, 1.165) is 0 Å². The summed E-state index contributed by atoms with van der Waals surface area (Å²) in [4.78, 5) is 3.59. The van der Waals surface area contributed by atoms with E-state index < -0.39 is 0 Å². The van der Waals surface area contributed by atoms with Gasteiger partial charge in [-0.15, -0.1) is 0 Å². The molecule has 0 unspecified atom stereocenters. The smallest absolute Gasteiger partial charge is 0.161 e. The Kier molecular flexibility index (Phi) is 2.95. The van der Waals surface area contributed by atoms with E-state index in [-0.39, 0.29) is 26.5 Å². The summed E-state index contributed by atoms with van der Waals surface area (Å²) >= 11 is 16.8. The molecule has 0 radical (unpaired) electrons. The van der Waals surface area contributed by atoms with Crippen LogP contribution in [0, 0.1) is 22.7 Å². The number of nitriles is 2. The highest BCUT2D eigenvalue weighted by Crippen LogP contribution is 2.32. The van der Waals surface area contributed by atoms with E-state index in [0.29, 0.717) is 0 Å². The zero-order valence-electron chi connectivity index (χ0n) is 5.98. The Hall–Kier alpha value is -1.00. The van der Waals surface area contributed by atoms with Crippen molar-refractivity contribution in [2.45, 2.75) is 0 Å². The third-order valence-corrected chi connectivity index (χ3v) is 2.47. The van der Waals surface area contributed by atoms with Crippen molar-refractivity contribution in [3.8, 4) is 12.1 Å². The van der Waals surface area contributed by atoms with Gasteiger partial charge >= 0.3 is 0 Å². The van der Waals surface area contributed by atoms with Gasteiger partial charge in [-0.2, -0.15) is 10.5 Å². The standard InChI is InChI=1S/C7Cl3N3/c8-5-3(1-11)4(2-12)13-7(10)6(5)9. The molecule has 0 aliphatic carbocycles. The van der Waals surface area contributed by atoms with Gasteiger partial charge in [-0.1, -0.05) is 34.8 Å². The Morgan fingerprint density at radius 3 is 2.08 bits per heavy atom. The van der Waals surface area contributed by atoms with Gasteiger partial charge in [0.05, 0.1) is 10.0 Å². The van der Waals surface area contributed by atoms with Gasteiger partial charge in [0.25, 0.3) is 0 Å². The maximum atomic E-state index is 8.62. The molecule has 0 atom stereocenters. The van der Waals surface area contributed by atoms with Crippen molar-refractivity contribution >= 4 is 34.8 Å². The van der Waals surface area contributed by atoms with E-state index >= 15 is 0 Å². The Bertz CT molecular complexity index is 442. The third-order valence-electron chi connectivity index (χ3n) is 1.26. The van der Waals surface area contributed by atoms with Gasteiger partial charge in [-0.05, 0) is 0 Å². The highest BCUT2D eigenvalue weighted by molar-refractivity contribution is 6.48. The molecule has 1 aromatic rings. The van der Waals surface area contributed by atoms with Gasteiger partial charge in [0.1, 0.15) is 17.7 Å². The minimum atomic E-state index is -0.123. The van der Waals surface area contributed by atoms with E-state index in [1.807, 2.05) is 0 Å². The van der Waals surface area contributed by atoms with Crippen LogP contribution in [0.2, 0.25) is 15.2 Å². The number of nitrogens with zero attached hydrogens (tertiary/aromatic N) is 3. The van der Waals surface area contributed by atoms with Gasteiger partial charge in [0.2, 0.25) is 0 Å². The topological polar surface area (TPSA) is 60.5 Å². The predicted octanol–water partition coefficient (Wildman–Crippen LogP) is 2.79. The van der Waals surface area contributed by atoms with E-state index in [4.69, 9.17) is 45.3 Å². The second-order valence-electron chi connectivity index (χ2n) is 1.98. The highest BCUT2D eigenvalue weighted by atomic mass is 35.5. The summed E-state index contributed by atoms with van der Waals surface area (Å²) in [7, 11) is 0. The molecule has 6 heteroatoms. The fraction of sp³-hybridized carbons (Fsp3) is 0. The Labute approximate surface area is 89.1 Å². The lowest BCUT2D eigenvalue weighted by atomic mass is 10.2. The molecule has 1 rings (SSSR count). The second kappa shape index (κ2) is 3.81. The molecule has 0 bridgehead atoms. The van der Waals surface area contributed by atoms with Crippen LogP contribution >= 0.6 is 34.8 Å². The number of halogens is 3. The molecule has 64 valence electrons. The van der Waals surface area contributed by atoms with Crippen LogP contribution in [0.3, 0.4) is 0 Å². The molecule has 0 aliphatic heterocycles. The molecule has 0 fully saturated rings. The Morgan fingerprint density at radius 2 is 1.62 bits per heavy atom. The van der Waals surface area contributed by atoms with Gasteiger partial charge in [0.15, 0.2) is 10.8 Å². The van der Waals surface area contributed by atoms with Crippen molar-refractivity contribution in [2.24, 2.45) is 0 Å². The second-order valence-corrected chi connectivity index (χ2v) is 3.09. The van der Waals surface area contributed by atoms with Gasteiger partial charge < -0.3 is 0 Å². The largest absolute Gasteiger partial charge is 0.222 e. The van der Waals surface area contributed by atoms with E-state index in [2.05, 4.69) is 4.98 Å². The van der Waals surface area contributed by atoms with Crippen LogP contribution in [0.25, 0.3) is 0 Å².